The van der Waals surface area contributed by atoms with Crippen molar-refractivity contribution in [2.24, 2.45) is 0 Å². The molecule has 0 aliphatic carbocycles. The van der Waals surface area contributed by atoms with Crippen LogP contribution in [0.25, 0.3) is 0 Å². The monoisotopic (exact) mass is 360 g/mol. The van der Waals surface area contributed by atoms with E-state index >= 15 is 0 Å². The molecule has 25 heavy (non-hydrogen) atoms. The van der Waals surface area contributed by atoms with Crippen molar-refractivity contribution in [3.05, 3.63) is 41.4 Å². The highest BCUT2D eigenvalue weighted by atomic mass is 32.1. The van der Waals surface area contributed by atoms with E-state index in [9.17, 15) is 9.59 Å². The van der Waals surface area contributed by atoms with Crippen molar-refractivity contribution in [1.29, 1.82) is 0 Å². The number of aryl methyl sites for hydroxylation is 1. The number of rotatable bonds is 4. The van der Waals surface area contributed by atoms with Crippen LogP contribution in [0.15, 0.2) is 35.7 Å². The number of para-hydroxylation sites is 1. The van der Waals surface area contributed by atoms with Gasteiger partial charge < -0.3 is 4.74 Å². The van der Waals surface area contributed by atoms with E-state index in [1.165, 1.54) is 21.1 Å². The van der Waals surface area contributed by atoms with E-state index < -0.39 is 5.54 Å². The molecule has 0 saturated carbocycles. The predicted octanol–water partition coefficient (Wildman–Crippen LogP) is 3.04. The number of anilines is 2. The molecule has 1 N–H and O–H groups in total. The molecule has 1 aromatic carbocycles. The van der Waals surface area contributed by atoms with E-state index in [0.29, 0.717) is 5.13 Å². The molecule has 0 spiro atoms. The number of benzene rings is 1. The highest BCUT2D eigenvalue weighted by Gasteiger charge is 2.42. The normalized spacial score (nSPS) is 15.4. The molecule has 132 valence electrons. The van der Waals surface area contributed by atoms with Gasteiger partial charge in [-0.05, 0) is 32.9 Å². The van der Waals surface area contributed by atoms with Gasteiger partial charge in [0.2, 0.25) is 0 Å². The molecule has 1 fully saturated rings. The summed E-state index contributed by atoms with van der Waals surface area (Å²) in [7, 11) is 0. The Kier molecular flexibility index (Phi) is 4.73. The molecule has 1 aromatic heterocycles. The minimum Gasteiger partial charge on any atom is -0.340 e. The summed E-state index contributed by atoms with van der Waals surface area (Å²) in [6, 6.07) is 8.97. The molecule has 1 saturated heterocycles. The zero-order valence-corrected chi connectivity index (χ0v) is 15.2. The molecule has 0 atom stereocenters. The summed E-state index contributed by atoms with van der Waals surface area (Å²) in [5.74, 6) is -0.311. The number of nitrogens with zero attached hydrogens (tertiary/aromatic N) is 3. The second-order valence-electron chi connectivity index (χ2n) is 6.24. The van der Waals surface area contributed by atoms with Crippen molar-refractivity contribution in [2.45, 2.75) is 26.3 Å². The number of carbonyl (C=O) groups is 2. The number of thiazole rings is 1. The van der Waals surface area contributed by atoms with Crippen LogP contribution in [0.2, 0.25) is 0 Å². The Labute approximate surface area is 150 Å². The summed E-state index contributed by atoms with van der Waals surface area (Å²) in [6.45, 7) is 5.45. The summed E-state index contributed by atoms with van der Waals surface area (Å²) in [5, 5.41) is 5.15. The van der Waals surface area contributed by atoms with Crippen LogP contribution in [0.3, 0.4) is 0 Å². The lowest BCUT2D eigenvalue weighted by Gasteiger charge is -2.43. The van der Waals surface area contributed by atoms with E-state index in [0.717, 1.165) is 11.4 Å². The number of carbonyl (C=O) groups excluding carboxylic acids is 2. The average molecular weight is 360 g/mol. The minimum atomic E-state index is -1.09. The molecule has 7 nitrogen and oxygen atoms in total. The summed E-state index contributed by atoms with van der Waals surface area (Å²) < 4.78 is 5.55. The molecule has 0 bridgehead atoms. The number of hydrogen-bond acceptors (Lipinski definition) is 5. The largest absolute Gasteiger partial charge is 0.340 e. The Bertz CT molecular complexity index is 775. The molecular weight excluding hydrogens is 340 g/mol. The van der Waals surface area contributed by atoms with Gasteiger partial charge in [-0.1, -0.05) is 18.2 Å². The molecular formula is C17H20N4O3S. The second-order valence-corrected chi connectivity index (χ2v) is 7.10. The Hall–Kier alpha value is -2.45. The molecule has 1 aliphatic heterocycles. The maximum absolute atomic E-state index is 12.9. The summed E-state index contributed by atoms with van der Waals surface area (Å²) in [4.78, 5) is 32.8. The Morgan fingerprint density at radius 3 is 2.64 bits per heavy atom. The third-order valence-electron chi connectivity index (χ3n) is 4.04. The Balaban J connectivity index is 1.78. The standard InChI is InChI=1S/C17H20N4O3S/c1-12-9-25-15(18-12)19-14(22)17(2,3)21-11-24-10-20(16(21)23)13-7-5-4-6-8-13/h4-9H,10-11H2,1-3H3,(H,18,19,22). The van der Waals surface area contributed by atoms with Gasteiger partial charge in [-0.3, -0.25) is 19.9 Å². The quantitative estimate of drug-likeness (QED) is 0.909. The van der Waals surface area contributed by atoms with Crippen LogP contribution < -0.4 is 10.2 Å². The van der Waals surface area contributed by atoms with Crippen LogP contribution in [-0.2, 0) is 9.53 Å². The van der Waals surface area contributed by atoms with Gasteiger partial charge >= 0.3 is 6.03 Å². The maximum atomic E-state index is 12.9. The first-order valence-corrected chi connectivity index (χ1v) is 8.73. The lowest BCUT2D eigenvalue weighted by atomic mass is 10.0. The van der Waals surface area contributed by atoms with E-state index in [-0.39, 0.29) is 25.4 Å². The molecule has 0 radical (unpaired) electrons. The fourth-order valence-electron chi connectivity index (χ4n) is 2.46. The van der Waals surface area contributed by atoms with Gasteiger partial charge in [0.1, 0.15) is 19.0 Å². The highest BCUT2D eigenvalue weighted by molar-refractivity contribution is 7.13. The third kappa shape index (κ3) is 3.49. The van der Waals surface area contributed by atoms with Crippen LogP contribution >= 0.6 is 11.3 Å². The fraction of sp³-hybridized carbons (Fsp3) is 0.353. The first kappa shape index (κ1) is 17.4. The van der Waals surface area contributed by atoms with Gasteiger partial charge in [0.25, 0.3) is 5.91 Å². The Morgan fingerprint density at radius 2 is 2.00 bits per heavy atom. The number of hydrogen-bond donors (Lipinski definition) is 1. The van der Waals surface area contributed by atoms with Gasteiger partial charge in [0.05, 0.1) is 5.69 Å². The zero-order chi connectivity index (χ0) is 18.0. The molecule has 3 rings (SSSR count). The number of nitrogens with one attached hydrogen (secondary N) is 1. The summed E-state index contributed by atoms with van der Waals surface area (Å²) in [5.41, 5.74) is 0.471. The lowest BCUT2D eigenvalue weighted by Crippen LogP contribution is -2.62. The molecule has 3 amide bonds. The van der Waals surface area contributed by atoms with Crippen molar-refractivity contribution >= 4 is 34.1 Å². The number of ether oxygens (including phenoxy) is 1. The van der Waals surface area contributed by atoms with Crippen LogP contribution in [0.5, 0.6) is 0 Å². The first-order valence-electron chi connectivity index (χ1n) is 7.85. The van der Waals surface area contributed by atoms with E-state index in [1.54, 1.807) is 13.8 Å². The fourth-order valence-corrected chi connectivity index (χ4v) is 3.14. The van der Waals surface area contributed by atoms with Crippen LogP contribution in [-0.4, -0.2) is 40.8 Å². The molecule has 1 aliphatic rings. The minimum absolute atomic E-state index is 0.0550. The number of amides is 3. The smallest absolute Gasteiger partial charge is 0.329 e. The van der Waals surface area contributed by atoms with Crippen molar-refractivity contribution < 1.29 is 14.3 Å². The van der Waals surface area contributed by atoms with Crippen LogP contribution in [0.1, 0.15) is 19.5 Å². The molecule has 8 heteroatoms. The summed E-state index contributed by atoms with van der Waals surface area (Å²) in [6.07, 6.45) is 0. The second kappa shape index (κ2) is 6.81. The van der Waals surface area contributed by atoms with E-state index in [1.807, 2.05) is 42.6 Å². The van der Waals surface area contributed by atoms with Crippen molar-refractivity contribution in [1.82, 2.24) is 9.88 Å². The number of urea groups is 1. The van der Waals surface area contributed by atoms with Crippen molar-refractivity contribution in [2.75, 3.05) is 23.7 Å². The third-order valence-corrected chi connectivity index (χ3v) is 4.92. The van der Waals surface area contributed by atoms with Gasteiger partial charge in [-0.25, -0.2) is 9.78 Å². The SMILES string of the molecule is Cc1csc(NC(=O)C(C)(C)N2COCN(c3ccccc3)C2=O)n1. The lowest BCUT2D eigenvalue weighted by molar-refractivity contribution is -0.128. The summed E-state index contributed by atoms with van der Waals surface area (Å²) >= 11 is 1.35. The Morgan fingerprint density at radius 1 is 1.28 bits per heavy atom. The molecule has 2 aromatic rings. The van der Waals surface area contributed by atoms with Gasteiger partial charge in [0, 0.05) is 11.1 Å². The predicted molar refractivity (Wildman–Crippen MR) is 96.5 cm³/mol. The zero-order valence-electron chi connectivity index (χ0n) is 14.4. The molecule has 0 unspecified atom stereocenters. The van der Waals surface area contributed by atoms with Gasteiger partial charge in [-0.2, -0.15) is 0 Å². The first-order chi connectivity index (χ1) is 11.9. The highest BCUT2D eigenvalue weighted by Crippen LogP contribution is 2.26. The van der Waals surface area contributed by atoms with Crippen molar-refractivity contribution in [3.63, 3.8) is 0 Å². The van der Waals surface area contributed by atoms with E-state index in [2.05, 4.69) is 10.3 Å². The average Bonchev–Trinajstić information content (AvgIpc) is 3.00. The van der Waals surface area contributed by atoms with Gasteiger partial charge in [-0.15, -0.1) is 11.3 Å². The topological polar surface area (TPSA) is 74.8 Å². The maximum Gasteiger partial charge on any atom is 0.329 e. The molecule has 2 heterocycles. The van der Waals surface area contributed by atoms with Crippen LogP contribution in [0.4, 0.5) is 15.6 Å². The van der Waals surface area contributed by atoms with Crippen LogP contribution in [0, 0.1) is 6.92 Å². The van der Waals surface area contributed by atoms with Crippen molar-refractivity contribution in [3.8, 4) is 0 Å². The number of aromatic nitrogens is 1. The van der Waals surface area contributed by atoms with Gasteiger partial charge in [0.15, 0.2) is 5.13 Å². The van der Waals surface area contributed by atoms with E-state index in [4.69, 9.17) is 4.74 Å².